The van der Waals surface area contributed by atoms with Crippen LogP contribution in [0.1, 0.15) is 17.0 Å². The number of likely N-dealkylation sites (tertiary alicyclic amines) is 1. The van der Waals surface area contributed by atoms with Crippen LogP contribution in [-0.2, 0) is 22.6 Å². The van der Waals surface area contributed by atoms with Crippen LogP contribution in [0.4, 0.5) is 5.13 Å². The molecule has 2 aliphatic heterocycles. The van der Waals surface area contributed by atoms with Gasteiger partial charge < -0.3 is 20.9 Å². The number of fused-ring (bicyclic) bond motifs is 1. The Morgan fingerprint density at radius 2 is 2.27 bits per heavy atom. The summed E-state index contributed by atoms with van der Waals surface area (Å²) >= 11 is 6.33. The van der Waals surface area contributed by atoms with Crippen molar-refractivity contribution in [3.8, 4) is 0 Å². The zero-order chi connectivity index (χ0) is 18.7. The molecule has 138 valence electrons. The Hall–Kier alpha value is -2.43. The molecule has 1 atom stereocenters. The standard InChI is InChI=1S/C14H18N8O2S2/c15-13(25)22-3-1-8(6-22)12(24)19-14-18-9-2-4-21(7-10(9)26-14)11(23)5-17-20-16/h8,16H,1-7H2,(H2-,15,18,19,24,25)/p+1/t8-/m1/s1. The number of nitrogens with zero attached hydrogens (tertiary/aromatic N) is 5. The maximum Gasteiger partial charge on any atom is 0.252 e. The Morgan fingerprint density at radius 1 is 1.46 bits per heavy atom. The first kappa shape index (κ1) is 18.4. The summed E-state index contributed by atoms with van der Waals surface area (Å²) < 4.78 is 0. The second-order valence-corrected chi connectivity index (χ2v) is 7.61. The maximum absolute atomic E-state index is 12.4. The minimum absolute atomic E-state index is 0.0846. The van der Waals surface area contributed by atoms with Gasteiger partial charge in [0.15, 0.2) is 10.2 Å². The summed E-state index contributed by atoms with van der Waals surface area (Å²) in [6.45, 7) is 2.08. The number of anilines is 1. The average Bonchev–Trinajstić information content (AvgIpc) is 3.25. The number of carbonyl (C=O) groups excluding carboxylic acids is 2. The first-order chi connectivity index (χ1) is 12.5. The number of carbonyl (C=O) groups is 2. The van der Waals surface area contributed by atoms with Crippen molar-refractivity contribution in [2.24, 2.45) is 16.8 Å². The van der Waals surface area contributed by atoms with Crippen molar-refractivity contribution in [2.45, 2.75) is 19.4 Å². The molecular formula is C14H19N8O2S2+. The molecule has 3 heterocycles. The molecule has 0 spiro atoms. The summed E-state index contributed by atoms with van der Waals surface area (Å²) in [7, 11) is 0. The van der Waals surface area contributed by atoms with E-state index in [0.29, 0.717) is 49.3 Å². The van der Waals surface area contributed by atoms with E-state index in [1.807, 2.05) is 4.90 Å². The highest BCUT2D eigenvalue weighted by Crippen LogP contribution is 2.29. The van der Waals surface area contributed by atoms with Gasteiger partial charge in [-0.2, -0.15) is 0 Å². The lowest BCUT2D eigenvalue weighted by atomic mass is 10.1. The van der Waals surface area contributed by atoms with E-state index in [0.717, 1.165) is 10.6 Å². The highest BCUT2D eigenvalue weighted by molar-refractivity contribution is 7.80. The fraction of sp³-hybridized carbons (Fsp3) is 0.571. The fourth-order valence-corrected chi connectivity index (χ4v) is 4.23. The van der Waals surface area contributed by atoms with Crippen LogP contribution in [0.3, 0.4) is 0 Å². The molecule has 0 unspecified atom stereocenters. The van der Waals surface area contributed by atoms with Gasteiger partial charge in [-0.1, -0.05) is 11.3 Å². The van der Waals surface area contributed by atoms with E-state index in [9.17, 15) is 9.59 Å². The molecule has 1 fully saturated rings. The van der Waals surface area contributed by atoms with Gasteiger partial charge in [-0.25, -0.2) is 4.98 Å². The van der Waals surface area contributed by atoms with Crippen molar-refractivity contribution < 1.29 is 9.59 Å². The molecule has 1 aromatic rings. The predicted octanol–water partition coefficient (Wildman–Crippen LogP) is 0.0822. The van der Waals surface area contributed by atoms with E-state index in [-0.39, 0.29) is 24.3 Å². The van der Waals surface area contributed by atoms with Gasteiger partial charge in [-0.3, -0.25) is 9.59 Å². The van der Waals surface area contributed by atoms with Gasteiger partial charge in [0.25, 0.3) is 5.91 Å². The Kier molecular flexibility index (Phi) is 5.55. The normalized spacial score (nSPS) is 18.8. The third-order valence-corrected chi connectivity index (χ3v) is 5.72. The summed E-state index contributed by atoms with van der Waals surface area (Å²) in [5.41, 5.74) is 13.1. The van der Waals surface area contributed by atoms with Gasteiger partial charge in [0, 0.05) is 30.9 Å². The molecule has 1 saturated heterocycles. The summed E-state index contributed by atoms with van der Waals surface area (Å²) in [6, 6.07) is 0. The van der Waals surface area contributed by atoms with Gasteiger partial charge in [0.1, 0.15) is 10.6 Å². The molecule has 10 nitrogen and oxygen atoms in total. The zero-order valence-electron chi connectivity index (χ0n) is 14.0. The molecule has 4 N–H and O–H groups in total. The molecule has 0 saturated carbocycles. The van der Waals surface area contributed by atoms with E-state index in [1.54, 1.807) is 4.90 Å². The minimum atomic E-state index is -0.172. The molecule has 0 radical (unpaired) electrons. The lowest BCUT2D eigenvalue weighted by Gasteiger charge is -2.24. The number of thiazole rings is 1. The Bertz CT molecular complexity index is 788. The second-order valence-electron chi connectivity index (χ2n) is 6.11. The van der Waals surface area contributed by atoms with E-state index >= 15 is 0 Å². The topological polar surface area (TPSA) is 142 Å². The number of aromatic nitrogens is 1. The van der Waals surface area contributed by atoms with Gasteiger partial charge in [-0.05, 0) is 18.6 Å². The highest BCUT2D eigenvalue weighted by atomic mass is 32.1. The summed E-state index contributed by atoms with van der Waals surface area (Å²) in [6.07, 6.45) is 1.34. The number of hydrogen-bond donors (Lipinski definition) is 3. The van der Waals surface area contributed by atoms with Crippen molar-refractivity contribution in [2.75, 3.05) is 31.5 Å². The molecule has 12 heteroatoms. The zero-order valence-corrected chi connectivity index (χ0v) is 15.6. The molecule has 26 heavy (non-hydrogen) atoms. The third kappa shape index (κ3) is 4.03. The van der Waals surface area contributed by atoms with Crippen LogP contribution in [0.5, 0.6) is 0 Å². The average molecular weight is 395 g/mol. The van der Waals surface area contributed by atoms with E-state index in [1.165, 1.54) is 11.3 Å². The largest absolute Gasteiger partial charge is 0.376 e. The summed E-state index contributed by atoms with van der Waals surface area (Å²) in [4.78, 5) is 36.2. The van der Waals surface area contributed by atoms with Crippen LogP contribution in [0.25, 0.3) is 0 Å². The Labute approximate surface area is 159 Å². The number of rotatable bonds is 4. The monoisotopic (exact) mass is 395 g/mol. The van der Waals surface area contributed by atoms with Crippen molar-refractivity contribution in [3.63, 3.8) is 0 Å². The molecule has 3 rings (SSSR count). The molecule has 1 aromatic heterocycles. The van der Waals surface area contributed by atoms with Crippen LogP contribution in [-0.4, -0.2) is 57.9 Å². The molecule has 0 aliphatic carbocycles. The van der Waals surface area contributed by atoms with Gasteiger partial charge >= 0.3 is 0 Å². The van der Waals surface area contributed by atoms with Crippen molar-refractivity contribution in [1.29, 1.82) is 5.53 Å². The highest BCUT2D eigenvalue weighted by Gasteiger charge is 2.30. The maximum atomic E-state index is 12.4. The molecule has 0 aromatic carbocycles. The van der Waals surface area contributed by atoms with Crippen LogP contribution < -0.4 is 16.0 Å². The minimum Gasteiger partial charge on any atom is -0.376 e. The first-order valence-corrected chi connectivity index (χ1v) is 9.35. The third-order valence-electron chi connectivity index (χ3n) is 4.46. The van der Waals surface area contributed by atoms with Crippen molar-refractivity contribution >= 4 is 45.6 Å². The van der Waals surface area contributed by atoms with Gasteiger partial charge in [0.05, 0.1) is 18.2 Å². The summed E-state index contributed by atoms with van der Waals surface area (Å²) in [5.74, 6) is -0.418. The quantitative estimate of drug-likeness (QED) is 0.374. The van der Waals surface area contributed by atoms with Crippen molar-refractivity contribution in [1.82, 2.24) is 19.7 Å². The Morgan fingerprint density at radius 3 is 2.96 bits per heavy atom. The van der Waals surface area contributed by atoms with E-state index < -0.39 is 0 Å². The van der Waals surface area contributed by atoms with Gasteiger partial charge in [0.2, 0.25) is 17.4 Å². The number of nitrogens with one attached hydrogen (secondary N) is 2. The second kappa shape index (κ2) is 7.85. The lowest BCUT2D eigenvalue weighted by molar-refractivity contribution is -0.130. The number of thiocarbonyl (C=S) groups is 1. The molecule has 2 aliphatic rings. The summed E-state index contributed by atoms with van der Waals surface area (Å²) in [5, 5.41) is 7.16. The number of amides is 2. The smallest absolute Gasteiger partial charge is 0.252 e. The van der Waals surface area contributed by atoms with E-state index in [2.05, 4.69) is 20.3 Å². The predicted molar refractivity (Wildman–Crippen MR) is 98.5 cm³/mol. The van der Waals surface area contributed by atoms with Gasteiger partial charge in [-0.15, -0.1) is 0 Å². The Balaban J connectivity index is 1.60. The molecule has 0 bridgehead atoms. The van der Waals surface area contributed by atoms with Crippen LogP contribution in [0, 0.1) is 11.4 Å². The van der Waals surface area contributed by atoms with Crippen molar-refractivity contribution in [3.05, 3.63) is 10.6 Å². The first-order valence-electron chi connectivity index (χ1n) is 8.12. The SMILES string of the molecule is N=[N+]=NCC(=O)N1CCc2nc(NC(=O)[C@@H]3CCN(C(N)=S)C3)sc2C1. The molecular weight excluding hydrogens is 376 g/mol. The molecule has 2 amide bonds. The van der Waals surface area contributed by atoms with Crippen LogP contribution >= 0.6 is 23.6 Å². The fourth-order valence-electron chi connectivity index (χ4n) is 3.04. The van der Waals surface area contributed by atoms with Crippen LogP contribution in [0.2, 0.25) is 0 Å². The number of hydrogen-bond acceptors (Lipinski definition) is 7. The van der Waals surface area contributed by atoms with Crippen LogP contribution in [0.15, 0.2) is 5.11 Å². The number of nitrogens with two attached hydrogens (primary N) is 1. The lowest BCUT2D eigenvalue weighted by Crippen LogP contribution is -2.36. The van der Waals surface area contributed by atoms with E-state index in [4.69, 9.17) is 23.5 Å².